The summed E-state index contributed by atoms with van der Waals surface area (Å²) in [6, 6.07) is 9.93. The van der Waals surface area contributed by atoms with Crippen molar-refractivity contribution in [3.05, 3.63) is 58.6 Å². The van der Waals surface area contributed by atoms with Crippen LogP contribution in [0.1, 0.15) is 17.3 Å². The second kappa shape index (κ2) is 9.65. The highest BCUT2D eigenvalue weighted by molar-refractivity contribution is 7.89. The third-order valence-electron chi connectivity index (χ3n) is 5.47. The Morgan fingerprint density at radius 3 is 2.41 bits per heavy atom. The number of carbonyl (C=O) groups excluding carboxylic acids is 2. The van der Waals surface area contributed by atoms with Crippen LogP contribution >= 0.6 is 11.3 Å². The van der Waals surface area contributed by atoms with Gasteiger partial charge in [0.2, 0.25) is 10.0 Å². The Morgan fingerprint density at radius 1 is 1.09 bits per heavy atom. The second-order valence-corrected chi connectivity index (χ2v) is 10.5. The topological polar surface area (TPSA) is 101 Å². The number of rotatable bonds is 4. The standard InChI is InChI=1S/C22H23FN4O5S2/c1-3-32-22(29)26-10-12-27(13-11-26)34(30,31)17-7-4-15(5-8-17)20(28)24-21-25(2)18-9-6-16(23)14-19(18)33-21/h4-9,14H,3,10-13H2,1-2H3. The molecule has 1 aliphatic heterocycles. The maximum atomic E-state index is 13.5. The minimum absolute atomic E-state index is 0.0523. The lowest BCUT2D eigenvalue weighted by atomic mass is 10.2. The van der Waals surface area contributed by atoms with Crippen LogP contribution in [-0.2, 0) is 21.8 Å². The molecule has 9 nitrogen and oxygen atoms in total. The predicted molar refractivity (Wildman–Crippen MR) is 124 cm³/mol. The summed E-state index contributed by atoms with van der Waals surface area (Å²) in [6.45, 7) is 2.76. The SMILES string of the molecule is CCOC(=O)N1CCN(S(=O)(=O)c2ccc(C(=O)N=c3sc4cc(F)ccc4n3C)cc2)CC1. The summed E-state index contributed by atoms with van der Waals surface area (Å²) in [5, 5.41) is 0. The van der Waals surface area contributed by atoms with Crippen LogP contribution in [0.15, 0.2) is 52.4 Å². The highest BCUT2D eigenvalue weighted by atomic mass is 32.2. The lowest BCUT2D eigenvalue weighted by Crippen LogP contribution is -2.50. The molecule has 2 aromatic carbocycles. The molecule has 0 radical (unpaired) electrons. The monoisotopic (exact) mass is 506 g/mol. The van der Waals surface area contributed by atoms with Crippen molar-refractivity contribution in [3.63, 3.8) is 0 Å². The molecule has 0 spiro atoms. The Labute approximate surface area is 199 Å². The molecule has 4 rings (SSSR count). The van der Waals surface area contributed by atoms with Gasteiger partial charge in [0.1, 0.15) is 5.82 Å². The molecular formula is C22H23FN4O5S2. The van der Waals surface area contributed by atoms with Crippen molar-refractivity contribution in [3.8, 4) is 0 Å². The summed E-state index contributed by atoms with van der Waals surface area (Å²) >= 11 is 1.19. The molecule has 0 saturated carbocycles. The molecule has 1 saturated heterocycles. The second-order valence-electron chi connectivity index (χ2n) is 7.59. The van der Waals surface area contributed by atoms with Crippen LogP contribution < -0.4 is 4.80 Å². The van der Waals surface area contributed by atoms with Crippen molar-refractivity contribution in [1.82, 2.24) is 13.8 Å². The van der Waals surface area contributed by atoms with E-state index in [1.807, 2.05) is 0 Å². The van der Waals surface area contributed by atoms with Crippen LogP contribution in [0.3, 0.4) is 0 Å². The largest absolute Gasteiger partial charge is 0.450 e. The number of aryl methyl sites for hydroxylation is 1. The summed E-state index contributed by atoms with van der Waals surface area (Å²) in [5.41, 5.74) is 0.983. The molecule has 0 N–H and O–H groups in total. The number of sulfonamides is 1. The van der Waals surface area contributed by atoms with E-state index in [1.165, 1.54) is 56.9 Å². The zero-order valence-electron chi connectivity index (χ0n) is 18.6. The maximum absolute atomic E-state index is 13.5. The van der Waals surface area contributed by atoms with Gasteiger partial charge in [0.15, 0.2) is 4.80 Å². The molecule has 2 amide bonds. The predicted octanol–water partition coefficient (Wildman–Crippen LogP) is 2.58. The number of ether oxygens (including phenoxy) is 1. The smallest absolute Gasteiger partial charge is 0.409 e. The number of benzene rings is 2. The molecule has 12 heteroatoms. The normalized spacial score (nSPS) is 15.6. The summed E-state index contributed by atoms with van der Waals surface area (Å²) < 4.78 is 48.1. The fourth-order valence-electron chi connectivity index (χ4n) is 3.61. The molecule has 1 aromatic heterocycles. The fraction of sp³-hybridized carbons (Fsp3) is 0.318. The van der Waals surface area contributed by atoms with E-state index < -0.39 is 22.0 Å². The molecule has 0 bridgehead atoms. The zero-order chi connectivity index (χ0) is 24.5. The lowest BCUT2D eigenvalue weighted by Gasteiger charge is -2.33. The summed E-state index contributed by atoms with van der Waals surface area (Å²) in [5.74, 6) is -0.902. The molecule has 34 heavy (non-hydrogen) atoms. The lowest BCUT2D eigenvalue weighted by molar-refractivity contribution is 0.0933. The van der Waals surface area contributed by atoms with Gasteiger partial charge >= 0.3 is 6.09 Å². The molecule has 1 fully saturated rings. The summed E-state index contributed by atoms with van der Waals surface area (Å²) in [7, 11) is -2.04. The first kappa shape index (κ1) is 24.0. The Balaban J connectivity index is 1.50. The Bertz CT molecular complexity index is 1410. The number of aromatic nitrogens is 1. The van der Waals surface area contributed by atoms with E-state index in [4.69, 9.17) is 4.74 Å². The van der Waals surface area contributed by atoms with Gasteiger partial charge in [-0.05, 0) is 49.4 Å². The number of hydrogen-bond acceptors (Lipinski definition) is 6. The average Bonchev–Trinajstić information content (AvgIpc) is 3.13. The quantitative estimate of drug-likeness (QED) is 0.541. The fourth-order valence-corrected chi connectivity index (χ4v) is 6.07. The van der Waals surface area contributed by atoms with E-state index in [1.54, 1.807) is 24.6 Å². The molecule has 0 atom stereocenters. The molecule has 2 heterocycles. The number of piperazine rings is 1. The molecule has 0 unspecified atom stereocenters. The number of thiazole rings is 1. The number of halogens is 1. The van der Waals surface area contributed by atoms with E-state index in [-0.39, 0.29) is 49.1 Å². The number of amides is 2. The van der Waals surface area contributed by atoms with Gasteiger partial charge < -0.3 is 14.2 Å². The number of hydrogen-bond donors (Lipinski definition) is 0. The van der Waals surface area contributed by atoms with Crippen molar-refractivity contribution < 1.29 is 27.1 Å². The van der Waals surface area contributed by atoms with E-state index in [9.17, 15) is 22.4 Å². The van der Waals surface area contributed by atoms with Crippen molar-refractivity contribution in [1.29, 1.82) is 0 Å². The van der Waals surface area contributed by atoms with Crippen LogP contribution in [0, 0.1) is 5.82 Å². The van der Waals surface area contributed by atoms with Gasteiger partial charge in [0.05, 0.1) is 21.7 Å². The third kappa shape index (κ3) is 4.74. The number of carbonyl (C=O) groups is 2. The van der Waals surface area contributed by atoms with Crippen LogP contribution in [0.2, 0.25) is 0 Å². The van der Waals surface area contributed by atoms with E-state index in [0.29, 0.717) is 9.50 Å². The Morgan fingerprint density at radius 2 is 1.76 bits per heavy atom. The van der Waals surface area contributed by atoms with Gasteiger partial charge in [-0.15, -0.1) is 0 Å². The van der Waals surface area contributed by atoms with Crippen molar-refractivity contribution in [2.75, 3.05) is 32.8 Å². The van der Waals surface area contributed by atoms with Gasteiger partial charge in [-0.1, -0.05) is 11.3 Å². The summed E-state index contributed by atoms with van der Waals surface area (Å²) in [4.78, 5) is 30.5. The van der Waals surface area contributed by atoms with Crippen LogP contribution in [-0.4, -0.2) is 67.0 Å². The molecular weight excluding hydrogens is 483 g/mol. The number of nitrogens with zero attached hydrogens (tertiary/aromatic N) is 4. The highest BCUT2D eigenvalue weighted by Crippen LogP contribution is 2.20. The zero-order valence-corrected chi connectivity index (χ0v) is 20.2. The van der Waals surface area contributed by atoms with Crippen molar-refractivity contribution >= 4 is 43.6 Å². The Kier molecular flexibility index (Phi) is 6.82. The van der Waals surface area contributed by atoms with Crippen LogP contribution in [0.4, 0.5) is 9.18 Å². The third-order valence-corrected chi connectivity index (χ3v) is 8.48. The minimum atomic E-state index is -3.78. The van der Waals surface area contributed by atoms with E-state index in [0.717, 1.165) is 5.52 Å². The first-order chi connectivity index (χ1) is 16.2. The maximum Gasteiger partial charge on any atom is 0.409 e. The van der Waals surface area contributed by atoms with Crippen LogP contribution in [0.5, 0.6) is 0 Å². The van der Waals surface area contributed by atoms with Gasteiger partial charge in [0, 0.05) is 38.8 Å². The van der Waals surface area contributed by atoms with Gasteiger partial charge in [-0.25, -0.2) is 17.6 Å². The molecule has 0 aliphatic carbocycles. The molecule has 1 aliphatic rings. The summed E-state index contributed by atoms with van der Waals surface area (Å²) in [6.07, 6.45) is -0.455. The van der Waals surface area contributed by atoms with E-state index >= 15 is 0 Å². The first-order valence-electron chi connectivity index (χ1n) is 10.6. The van der Waals surface area contributed by atoms with Crippen molar-refractivity contribution in [2.45, 2.75) is 11.8 Å². The van der Waals surface area contributed by atoms with Crippen LogP contribution in [0.25, 0.3) is 10.2 Å². The van der Waals surface area contributed by atoms with Gasteiger partial charge in [-0.2, -0.15) is 9.30 Å². The first-order valence-corrected chi connectivity index (χ1v) is 12.8. The Hall–Kier alpha value is -3.09. The van der Waals surface area contributed by atoms with Gasteiger partial charge in [-0.3, -0.25) is 4.79 Å². The van der Waals surface area contributed by atoms with Gasteiger partial charge in [0.25, 0.3) is 5.91 Å². The highest BCUT2D eigenvalue weighted by Gasteiger charge is 2.30. The molecule has 180 valence electrons. The van der Waals surface area contributed by atoms with E-state index in [2.05, 4.69) is 4.99 Å². The average molecular weight is 507 g/mol. The number of fused-ring (bicyclic) bond motifs is 1. The molecule has 3 aromatic rings. The van der Waals surface area contributed by atoms with Crippen molar-refractivity contribution in [2.24, 2.45) is 12.0 Å². The minimum Gasteiger partial charge on any atom is -0.450 e.